The molecule has 1 aliphatic rings. The number of hydrogen-bond acceptors (Lipinski definition) is 4. The standard InChI is InChI=1S/C10H22O4Si/c1-5-9(13-6-10-7-14-10)8-15(4,11-2)12-3/h9-10H,5-8H2,1-4H3. The first-order valence-electron chi connectivity index (χ1n) is 5.47. The fourth-order valence-corrected chi connectivity index (χ4v) is 3.13. The van der Waals surface area contributed by atoms with E-state index in [1.165, 1.54) is 0 Å². The molecule has 0 aromatic rings. The monoisotopic (exact) mass is 234 g/mol. The summed E-state index contributed by atoms with van der Waals surface area (Å²) < 4.78 is 21.8. The molecule has 4 nitrogen and oxygen atoms in total. The Labute approximate surface area is 93.1 Å². The molecule has 0 radical (unpaired) electrons. The van der Waals surface area contributed by atoms with Gasteiger partial charge >= 0.3 is 8.56 Å². The molecule has 1 aliphatic heterocycles. The molecule has 5 heteroatoms. The maximum Gasteiger partial charge on any atom is 0.337 e. The Kier molecular flexibility index (Phi) is 5.21. The maximum atomic E-state index is 5.76. The summed E-state index contributed by atoms with van der Waals surface area (Å²) in [6, 6.07) is 0.878. The van der Waals surface area contributed by atoms with E-state index in [2.05, 4.69) is 13.5 Å². The molecule has 0 aliphatic carbocycles. The Balaban J connectivity index is 2.29. The molecule has 1 rings (SSSR count). The van der Waals surface area contributed by atoms with Gasteiger partial charge in [0.25, 0.3) is 0 Å². The highest BCUT2D eigenvalue weighted by molar-refractivity contribution is 6.66. The van der Waals surface area contributed by atoms with Gasteiger partial charge in [-0.1, -0.05) is 6.92 Å². The first-order chi connectivity index (χ1) is 7.13. The van der Waals surface area contributed by atoms with Crippen LogP contribution in [0.1, 0.15) is 13.3 Å². The van der Waals surface area contributed by atoms with Crippen molar-refractivity contribution in [2.24, 2.45) is 0 Å². The fraction of sp³-hybridized carbons (Fsp3) is 1.00. The Bertz CT molecular complexity index is 180. The predicted octanol–water partition coefficient (Wildman–Crippen LogP) is 1.55. The van der Waals surface area contributed by atoms with E-state index in [0.29, 0.717) is 12.7 Å². The lowest BCUT2D eigenvalue weighted by Gasteiger charge is -2.27. The lowest BCUT2D eigenvalue weighted by Crippen LogP contribution is -2.40. The smallest absolute Gasteiger partial charge is 0.337 e. The Hall–Kier alpha value is 0.0569. The van der Waals surface area contributed by atoms with Gasteiger partial charge in [0, 0.05) is 20.3 Å². The molecule has 0 amide bonds. The first-order valence-corrected chi connectivity index (χ1v) is 7.99. The van der Waals surface area contributed by atoms with Crippen molar-refractivity contribution in [2.45, 2.75) is 38.1 Å². The molecule has 1 saturated heterocycles. The van der Waals surface area contributed by atoms with E-state index < -0.39 is 8.56 Å². The summed E-state index contributed by atoms with van der Waals surface area (Å²) in [6.07, 6.45) is 1.55. The topological polar surface area (TPSA) is 40.2 Å². The molecule has 2 atom stereocenters. The second-order valence-corrected chi connectivity index (χ2v) is 7.56. The van der Waals surface area contributed by atoms with Gasteiger partial charge in [-0.2, -0.15) is 0 Å². The highest BCUT2D eigenvalue weighted by atomic mass is 28.4. The van der Waals surface area contributed by atoms with Crippen molar-refractivity contribution in [3.8, 4) is 0 Å². The lowest BCUT2D eigenvalue weighted by molar-refractivity contribution is 0.0449. The van der Waals surface area contributed by atoms with Crippen LogP contribution in [0.4, 0.5) is 0 Å². The number of hydrogen-bond donors (Lipinski definition) is 0. The summed E-state index contributed by atoms with van der Waals surface area (Å²) in [5.74, 6) is 0. The van der Waals surface area contributed by atoms with Crippen molar-refractivity contribution in [3.63, 3.8) is 0 Å². The van der Waals surface area contributed by atoms with Gasteiger partial charge in [0.05, 0.1) is 19.3 Å². The van der Waals surface area contributed by atoms with Crippen molar-refractivity contribution < 1.29 is 18.3 Å². The zero-order chi connectivity index (χ0) is 11.3. The predicted molar refractivity (Wildman–Crippen MR) is 60.2 cm³/mol. The van der Waals surface area contributed by atoms with Crippen molar-refractivity contribution in [2.75, 3.05) is 27.4 Å². The van der Waals surface area contributed by atoms with E-state index in [1.807, 2.05) is 0 Å². The Morgan fingerprint density at radius 3 is 2.40 bits per heavy atom. The molecule has 2 unspecified atom stereocenters. The molecule has 0 N–H and O–H groups in total. The molecular formula is C10H22O4Si. The van der Waals surface area contributed by atoms with Crippen LogP contribution in [0, 0.1) is 0 Å². The van der Waals surface area contributed by atoms with Crippen molar-refractivity contribution in [1.82, 2.24) is 0 Å². The molecule has 0 saturated carbocycles. The van der Waals surface area contributed by atoms with E-state index in [-0.39, 0.29) is 6.10 Å². The Morgan fingerprint density at radius 2 is 2.00 bits per heavy atom. The molecule has 0 aromatic heterocycles. The van der Waals surface area contributed by atoms with E-state index in [9.17, 15) is 0 Å². The average molecular weight is 234 g/mol. The number of ether oxygens (including phenoxy) is 2. The van der Waals surface area contributed by atoms with Crippen molar-refractivity contribution >= 4 is 8.56 Å². The second-order valence-electron chi connectivity index (χ2n) is 4.07. The van der Waals surface area contributed by atoms with Crippen LogP contribution >= 0.6 is 0 Å². The zero-order valence-corrected chi connectivity index (χ0v) is 11.1. The summed E-state index contributed by atoms with van der Waals surface area (Å²) in [5.41, 5.74) is 0. The fourth-order valence-electron chi connectivity index (χ4n) is 1.39. The quantitative estimate of drug-likeness (QED) is 0.472. The molecule has 0 aromatic carbocycles. The van der Waals surface area contributed by atoms with Gasteiger partial charge in [-0.25, -0.2) is 0 Å². The summed E-state index contributed by atoms with van der Waals surface area (Å²) in [6.45, 7) is 5.74. The van der Waals surface area contributed by atoms with Gasteiger partial charge in [-0.15, -0.1) is 0 Å². The number of rotatable bonds is 8. The van der Waals surface area contributed by atoms with Crippen LogP contribution in [0.25, 0.3) is 0 Å². The van der Waals surface area contributed by atoms with Crippen LogP contribution in [-0.4, -0.2) is 48.2 Å². The molecule has 1 heterocycles. The number of epoxide rings is 1. The molecule has 0 bridgehead atoms. The summed E-state index contributed by atoms with van der Waals surface area (Å²) in [5, 5.41) is 0. The van der Waals surface area contributed by atoms with Crippen LogP contribution in [0.2, 0.25) is 12.6 Å². The van der Waals surface area contributed by atoms with Gasteiger partial charge in [0.1, 0.15) is 6.10 Å². The van der Waals surface area contributed by atoms with E-state index in [0.717, 1.165) is 19.1 Å². The van der Waals surface area contributed by atoms with Gasteiger partial charge in [0.15, 0.2) is 0 Å². The van der Waals surface area contributed by atoms with E-state index >= 15 is 0 Å². The molecule has 15 heavy (non-hydrogen) atoms. The third-order valence-corrected chi connectivity index (χ3v) is 5.76. The van der Waals surface area contributed by atoms with Crippen molar-refractivity contribution in [3.05, 3.63) is 0 Å². The maximum absolute atomic E-state index is 5.76. The molecule has 0 spiro atoms. The van der Waals surface area contributed by atoms with E-state index in [1.54, 1.807) is 14.2 Å². The van der Waals surface area contributed by atoms with Crippen LogP contribution in [-0.2, 0) is 18.3 Å². The highest BCUT2D eigenvalue weighted by Crippen LogP contribution is 2.20. The molecule has 90 valence electrons. The highest BCUT2D eigenvalue weighted by Gasteiger charge is 2.33. The van der Waals surface area contributed by atoms with Crippen LogP contribution in [0.15, 0.2) is 0 Å². The van der Waals surface area contributed by atoms with Crippen molar-refractivity contribution in [1.29, 1.82) is 0 Å². The normalized spacial score (nSPS) is 22.8. The summed E-state index contributed by atoms with van der Waals surface area (Å²) in [4.78, 5) is 0. The van der Waals surface area contributed by atoms with E-state index in [4.69, 9.17) is 18.3 Å². The van der Waals surface area contributed by atoms with Gasteiger partial charge < -0.3 is 18.3 Å². The van der Waals surface area contributed by atoms with Gasteiger partial charge in [-0.3, -0.25) is 0 Å². The van der Waals surface area contributed by atoms with Gasteiger partial charge in [0.2, 0.25) is 0 Å². The summed E-state index contributed by atoms with van der Waals surface area (Å²) in [7, 11) is 1.43. The summed E-state index contributed by atoms with van der Waals surface area (Å²) >= 11 is 0. The van der Waals surface area contributed by atoms with Crippen LogP contribution < -0.4 is 0 Å². The average Bonchev–Trinajstić information content (AvgIpc) is 3.07. The third kappa shape index (κ3) is 4.61. The minimum Gasteiger partial charge on any atom is -0.398 e. The molecule has 1 fully saturated rings. The van der Waals surface area contributed by atoms with Gasteiger partial charge in [-0.05, 0) is 13.0 Å². The third-order valence-electron chi connectivity index (χ3n) is 2.84. The van der Waals surface area contributed by atoms with Crippen LogP contribution in [0.5, 0.6) is 0 Å². The first kappa shape index (κ1) is 13.1. The molecular weight excluding hydrogens is 212 g/mol. The van der Waals surface area contributed by atoms with Crippen LogP contribution in [0.3, 0.4) is 0 Å². The second kappa shape index (κ2) is 5.96. The SMILES string of the molecule is CCC(C[Si](C)(OC)OC)OCC1CO1. The minimum absolute atomic E-state index is 0.228. The minimum atomic E-state index is -2.00. The largest absolute Gasteiger partial charge is 0.398 e. The lowest BCUT2D eigenvalue weighted by atomic mass is 10.3. The Morgan fingerprint density at radius 1 is 1.40 bits per heavy atom. The zero-order valence-electron chi connectivity index (χ0n) is 10.1.